The molecule has 0 amide bonds. The van der Waals surface area contributed by atoms with E-state index in [0.29, 0.717) is 12.0 Å². The average Bonchev–Trinajstić information content (AvgIpc) is 2.77. The first-order chi connectivity index (χ1) is 8.70. The normalized spacial score (nSPS) is 23.2. The highest BCUT2D eigenvalue weighted by molar-refractivity contribution is 5.51. The van der Waals surface area contributed by atoms with Crippen molar-refractivity contribution >= 4 is 5.69 Å². The Labute approximate surface area is 108 Å². The highest BCUT2D eigenvalue weighted by atomic mass is 16.5. The van der Waals surface area contributed by atoms with E-state index < -0.39 is 0 Å². The summed E-state index contributed by atoms with van der Waals surface area (Å²) in [5.41, 5.74) is 7.86. The lowest BCUT2D eigenvalue weighted by Gasteiger charge is -2.15. The SMILES string of the molecule is COc1ccc(CNCC2CCOC2C)c(N)c1. The van der Waals surface area contributed by atoms with Gasteiger partial charge in [-0.3, -0.25) is 0 Å². The first-order valence-corrected chi connectivity index (χ1v) is 6.45. The van der Waals surface area contributed by atoms with E-state index >= 15 is 0 Å². The lowest BCUT2D eigenvalue weighted by molar-refractivity contribution is 0.105. The molecule has 1 aliphatic heterocycles. The number of ether oxygens (including phenoxy) is 2. The summed E-state index contributed by atoms with van der Waals surface area (Å²) < 4.78 is 10.7. The summed E-state index contributed by atoms with van der Waals surface area (Å²) in [5, 5.41) is 3.45. The van der Waals surface area contributed by atoms with E-state index in [0.717, 1.165) is 43.1 Å². The van der Waals surface area contributed by atoms with Crippen molar-refractivity contribution in [1.82, 2.24) is 5.32 Å². The molecule has 18 heavy (non-hydrogen) atoms. The number of nitrogen functional groups attached to an aromatic ring is 1. The number of nitrogens with one attached hydrogen (secondary N) is 1. The van der Waals surface area contributed by atoms with E-state index in [1.54, 1.807) is 7.11 Å². The molecule has 3 N–H and O–H groups in total. The van der Waals surface area contributed by atoms with Crippen molar-refractivity contribution in [3.8, 4) is 5.75 Å². The molecule has 2 rings (SSSR count). The molecule has 1 heterocycles. The number of hydrogen-bond donors (Lipinski definition) is 2. The molecule has 1 saturated heterocycles. The Morgan fingerprint density at radius 2 is 2.33 bits per heavy atom. The second-order valence-electron chi connectivity index (χ2n) is 4.82. The Balaban J connectivity index is 1.83. The van der Waals surface area contributed by atoms with Crippen LogP contribution >= 0.6 is 0 Å². The predicted molar refractivity (Wildman–Crippen MR) is 72.6 cm³/mol. The molecular weight excluding hydrogens is 228 g/mol. The molecule has 2 unspecified atom stereocenters. The van der Waals surface area contributed by atoms with E-state index in [1.807, 2.05) is 18.2 Å². The molecule has 0 radical (unpaired) electrons. The summed E-state index contributed by atoms with van der Waals surface area (Å²) in [5.74, 6) is 1.42. The Hall–Kier alpha value is -1.26. The largest absolute Gasteiger partial charge is 0.497 e. The van der Waals surface area contributed by atoms with Crippen LogP contribution in [0.4, 0.5) is 5.69 Å². The van der Waals surface area contributed by atoms with Crippen LogP contribution < -0.4 is 15.8 Å². The van der Waals surface area contributed by atoms with E-state index in [2.05, 4.69) is 12.2 Å². The zero-order valence-electron chi connectivity index (χ0n) is 11.1. The summed E-state index contributed by atoms with van der Waals surface area (Å²) in [6.07, 6.45) is 1.51. The number of rotatable bonds is 5. The predicted octanol–water partition coefficient (Wildman–Crippen LogP) is 1.79. The first-order valence-electron chi connectivity index (χ1n) is 6.45. The minimum Gasteiger partial charge on any atom is -0.497 e. The summed E-state index contributed by atoms with van der Waals surface area (Å²) >= 11 is 0. The second kappa shape index (κ2) is 6.07. The van der Waals surface area contributed by atoms with Crippen LogP contribution in [0.1, 0.15) is 18.9 Å². The van der Waals surface area contributed by atoms with Gasteiger partial charge in [-0.1, -0.05) is 6.07 Å². The Morgan fingerprint density at radius 1 is 1.50 bits per heavy atom. The van der Waals surface area contributed by atoms with Gasteiger partial charge in [-0.2, -0.15) is 0 Å². The van der Waals surface area contributed by atoms with Gasteiger partial charge in [-0.15, -0.1) is 0 Å². The fourth-order valence-corrected chi connectivity index (χ4v) is 2.30. The molecule has 100 valence electrons. The maximum absolute atomic E-state index is 5.97. The Bertz CT molecular complexity index is 395. The maximum Gasteiger partial charge on any atom is 0.120 e. The van der Waals surface area contributed by atoms with Crippen LogP contribution in [0.3, 0.4) is 0 Å². The minimum absolute atomic E-state index is 0.366. The monoisotopic (exact) mass is 250 g/mol. The molecule has 0 aliphatic carbocycles. The van der Waals surface area contributed by atoms with Crippen molar-refractivity contribution in [2.45, 2.75) is 26.0 Å². The molecule has 1 fully saturated rings. The molecular formula is C14H22N2O2. The fourth-order valence-electron chi connectivity index (χ4n) is 2.30. The van der Waals surface area contributed by atoms with Crippen LogP contribution in [0.15, 0.2) is 18.2 Å². The van der Waals surface area contributed by atoms with Crippen molar-refractivity contribution in [1.29, 1.82) is 0 Å². The highest BCUT2D eigenvalue weighted by Crippen LogP contribution is 2.21. The van der Waals surface area contributed by atoms with Crippen LogP contribution in [0.2, 0.25) is 0 Å². The van der Waals surface area contributed by atoms with E-state index in [9.17, 15) is 0 Å². The molecule has 0 spiro atoms. The zero-order chi connectivity index (χ0) is 13.0. The maximum atomic E-state index is 5.97. The van der Waals surface area contributed by atoms with Crippen molar-refractivity contribution < 1.29 is 9.47 Å². The van der Waals surface area contributed by atoms with Gasteiger partial charge < -0.3 is 20.5 Å². The number of nitrogens with two attached hydrogens (primary N) is 1. The Morgan fingerprint density at radius 3 is 2.94 bits per heavy atom. The third-order valence-corrected chi connectivity index (χ3v) is 3.61. The molecule has 0 saturated carbocycles. The van der Waals surface area contributed by atoms with Gasteiger partial charge in [0.2, 0.25) is 0 Å². The second-order valence-corrected chi connectivity index (χ2v) is 4.82. The number of benzene rings is 1. The van der Waals surface area contributed by atoms with Gasteiger partial charge in [0.1, 0.15) is 5.75 Å². The van der Waals surface area contributed by atoms with Crippen LogP contribution in [-0.2, 0) is 11.3 Å². The van der Waals surface area contributed by atoms with E-state index in [4.69, 9.17) is 15.2 Å². The molecule has 2 atom stereocenters. The smallest absolute Gasteiger partial charge is 0.120 e. The topological polar surface area (TPSA) is 56.5 Å². The average molecular weight is 250 g/mol. The lowest BCUT2D eigenvalue weighted by Crippen LogP contribution is -2.26. The molecule has 1 aliphatic rings. The van der Waals surface area contributed by atoms with Crippen molar-refractivity contribution in [3.63, 3.8) is 0 Å². The van der Waals surface area contributed by atoms with Gasteiger partial charge in [0.25, 0.3) is 0 Å². The quantitative estimate of drug-likeness (QED) is 0.782. The Kier molecular flexibility index (Phi) is 4.44. The third-order valence-electron chi connectivity index (χ3n) is 3.61. The van der Waals surface area contributed by atoms with Gasteiger partial charge in [0, 0.05) is 31.5 Å². The molecule has 1 aromatic carbocycles. The van der Waals surface area contributed by atoms with Gasteiger partial charge in [0.15, 0.2) is 0 Å². The molecule has 0 aromatic heterocycles. The van der Waals surface area contributed by atoms with E-state index in [1.165, 1.54) is 0 Å². The summed E-state index contributed by atoms with van der Waals surface area (Å²) in [6.45, 7) is 4.80. The zero-order valence-corrected chi connectivity index (χ0v) is 11.1. The summed E-state index contributed by atoms with van der Waals surface area (Å²) in [4.78, 5) is 0. The van der Waals surface area contributed by atoms with E-state index in [-0.39, 0.29) is 0 Å². The number of anilines is 1. The van der Waals surface area contributed by atoms with Gasteiger partial charge in [0.05, 0.1) is 13.2 Å². The minimum atomic E-state index is 0.366. The summed E-state index contributed by atoms with van der Waals surface area (Å²) in [7, 11) is 1.65. The molecule has 4 nitrogen and oxygen atoms in total. The third kappa shape index (κ3) is 3.15. The molecule has 1 aromatic rings. The summed E-state index contributed by atoms with van der Waals surface area (Å²) in [6, 6.07) is 5.81. The highest BCUT2D eigenvalue weighted by Gasteiger charge is 2.23. The van der Waals surface area contributed by atoms with Gasteiger partial charge in [-0.25, -0.2) is 0 Å². The van der Waals surface area contributed by atoms with Crippen molar-refractivity contribution in [3.05, 3.63) is 23.8 Å². The first kappa shape index (κ1) is 13.2. The molecule has 0 bridgehead atoms. The number of hydrogen-bond acceptors (Lipinski definition) is 4. The van der Waals surface area contributed by atoms with Crippen molar-refractivity contribution in [2.75, 3.05) is 26.0 Å². The van der Waals surface area contributed by atoms with Crippen LogP contribution in [0.25, 0.3) is 0 Å². The van der Waals surface area contributed by atoms with Crippen LogP contribution in [-0.4, -0.2) is 26.4 Å². The van der Waals surface area contributed by atoms with Crippen LogP contribution in [0, 0.1) is 5.92 Å². The van der Waals surface area contributed by atoms with Gasteiger partial charge in [-0.05, 0) is 30.9 Å². The van der Waals surface area contributed by atoms with Crippen LogP contribution in [0.5, 0.6) is 5.75 Å². The fraction of sp³-hybridized carbons (Fsp3) is 0.571. The standard InChI is InChI=1S/C14H22N2O2/c1-10-11(5-6-18-10)8-16-9-12-3-4-13(17-2)7-14(12)15/h3-4,7,10-11,16H,5-6,8-9,15H2,1-2H3. The molecule has 4 heteroatoms. The number of methoxy groups -OCH3 is 1. The van der Waals surface area contributed by atoms with Gasteiger partial charge >= 0.3 is 0 Å². The lowest BCUT2D eigenvalue weighted by atomic mass is 10.0. The van der Waals surface area contributed by atoms with Crippen molar-refractivity contribution in [2.24, 2.45) is 5.92 Å².